The van der Waals surface area contributed by atoms with Crippen LogP contribution in [0.1, 0.15) is 63.9 Å². The summed E-state index contributed by atoms with van der Waals surface area (Å²) in [5.41, 5.74) is 4.31. The number of aromatic nitrogens is 3. The Morgan fingerprint density at radius 2 is 1.62 bits per heavy atom. The number of fused-ring (bicyclic) bond motifs is 1. The summed E-state index contributed by atoms with van der Waals surface area (Å²) in [5, 5.41) is 3.88. The molecule has 12 nitrogen and oxygen atoms in total. The molecule has 1 saturated heterocycles. The summed E-state index contributed by atoms with van der Waals surface area (Å²) in [7, 11) is -3.83. The highest BCUT2D eigenvalue weighted by atomic mass is 35.5. The van der Waals surface area contributed by atoms with Crippen LogP contribution in [0.4, 0.5) is 0 Å². The van der Waals surface area contributed by atoms with E-state index in [-0.39, 0.29) is 30.4 Å². The van der Waals surface area contributed by atoms with E-state index in [1.54, 1.807) is 73.1 Å². The van der Waals surface area contributed by atoms with Crippen molar-refractivity contribution in [1.29, 1.82) is 0 Å². The third kappa shape index (κ3) is 8.16. The van der Waals surface area contributed by atoms with Crippen molar-refractivity contribution < 1.29 is 37.1 Å². The fourth-order valence-electron chi connectivity index (χ4n) is 5.04. The smallest absolute Gasteiger partial charge is 0.338 e. The van der Waals surface area contributed by atoms with Crippen LogP contribution in [0.25, 0.3) is 11.0 Å². The van der Waals surface area contributed by atoms with Gasteiger partial charge in [0.2, 0.25) is 15.0 Å². The predicted octanol–water partition coefficient (Wildman–Crippen LogP) is 5.43. The highest BCUT2D eigenvalue weighted by Crippen LogP contribution is 2.37. The zero-order chi connectivity index (χ0) is 33.9. The van der Waals surface area contributed by atoms with Gasteiger partial charge in [-0.05, 0) is 57.5 Å². The number of benzene rings is 2. The second-order valence-electron chi connectivity index (χ2n) is 11.6. The van der Waals surface area contributed by atoms with Gasteiger partial charge in [0, 0.05) is 25.3 Å². The van der Waals surface area contributed by atoms with Crippen LogP contribution in [0.5, 0.6) is 0 Å². The molecular weight excluding hydrogens is 648 g/mol. The minimum Gasteiger partial charge on any atom is -0.459 e. The molecule has 0 amide bonds. The van der Waals surface area contributed by atoms with Crippen molar-refractivity contribution in [3.63, 3.8) is 0 Å². The number of nitrogens with zero attached hydrogens (tertiary/aromatic N) is 4. The van der Waals surface area contributed by atoms with Crippen molar-refractivity contribution in [2.45, 2.75) is 64.1 Å². The standard InChI is InChI=1S/C33H35ClN4O8S/c1-19(2)37-44-15-14-24-17-38(30-28(24)29(34)35-33(36-30)47(5,41)42)27-16-25(46-32(40)23-12-8-21(4)9-13-23)26(45-27)18-43-31(39)22-10-6-20(3)7-11-22/h6-13,17,25-27H,14-16,18H2,1-5H3/t25-,26+,27+/m0/s1. The van der Waals surface area contributed by atoms with E-state index in [1.165, 1.54) is 0 Å². The quantitative estimate of drug-likeness (QED) is 0.0501. The molecule has 1 aliphatic heterocycles. The van der Waals surface area contributed by atoms with Gasteiger partial charge >= 0.3 is 11.9 Å². The fourth-order valence-corrected chi connectivity index (χ4v) is 5.88. The molecule has 0 bridgehead atoms. The van der Waals surface area contributed by atoms with Gasteiger partial charge in [-0.15, -0.1) is 0 Å². The summed E-state index contributed by atoms with van der Waals surface area (Å²) in [4.78, 5) is 39.8. The molecule has 1 fully saturated rings. The fraction of sp³-hybridized carbons (Fsp3) is 0.364. The summed E-state index contributed by atoms with van der Waals surface area (Å²) in [6, 6.07) is 13.9. The van der Waals surface area contributed by atoms with Crippen LogP contribution in [0.15, 0.2) is 65.0 Å². The van der Waals surface area contributed by atoms with Gasteiger partial charge in [0.1, 0.15) is 42.4 Å². The molecular formula is C33H35ClN4O8S. The number of oxime groups is 1. The Morgan fingerprint density at radius 3 is 2.21 bits per heavy atom. The van der Waals surface area contributed by atoms with E-state index in [0.29, 0.717) is 28.5 Å². The average molecular weight is 683 g/mol. The van der Waals surface area contributed by atoms with Crippen molar-refractivity contribution >= 4 is 50.1 Å². The number of esters is 2. The normalized spacial score (nSPS) is 17.8. The topological polar surface area (TPSA) is 148 Å². The molecule has 1 aliphatic rings. The molecule has 0 spiro atoms. The number of halogens is 1. The molecule has 14 heteroatoms. The number of aryl methyl sites for hydroxylation is 2. The second-order valence-corrected chi connectivity index (χ2v) is 13.9. The zero-order valence-electron chi connectivity index (χ0n) is 26.6. The summed E-state index contributed by atoms with van der Waals surface area (Å²) in [6.45, 7) is 7.42. The summed E-state index contributed by atoms with van der Waals surface area (Å²) in [6.07, 6.45) is 0.701. The Hall–Kier alpha value is -4.33. The summed E-state index contributed by atoms with van der Waals surface area (Å²) < 4.78 is 44.4. The summed E-state index contributed by atoms with van der Waals surface area (Å²) in [5.74, 6) is -1.13. The van der Waals surface area contributed by atoms with E-state index in [1.807, 2.05) is 13.8 Å². The van der Waals surface area contributed by atoms with Crippen LogP contribution in [0, 0.1) is 13.8 Å². The van der Waals surface area contributed by atoms with Gasteiger partial charge < -0.3 is 23.6 Å². The van der Waals surface area contributed by atoms with E-state index in [0.717, 1.165) is 23.1 Å². The van der Waals surface area contributed by atoms with Crippen molar-refractivity contribution in [2.75, 3.05) is 19.5 Å². The Labute approximate surface area is 277 Å². The van der Waals surface area contributed by atoms with Crippen molar-refractivity contribution in [3.05, 3.63) is 87.7 Å². The van der Waals surface area contributed by atoms with E-state index >= 15 is 0 Å². The van der Waals surface area contributed by atoms with Crippen LogP contribution in [0.3, 0.4) is 0 Å². The highest BCUT2D eigenvalue weighted by molar-refractivity contribution is 7.90. The molecule has 3 atom stereocenters. The Morgan fingerprint density at radius 1 is 1.00 bits per heavy atom. The van der Waals surface area contributed by atoms with Gasteiger partial charge in [0.05, 0.1) is 22.2 Å². The Balaban J connectivity index is 1.47. The molecule has 47 heavy (non-hydrogen) atoms. The summed E-state index contributed by atoms with van der Waals surface area (Å²) >= 11 is 6.55. The van der Waals surface area contributed by atoms with Gasteiger partial charge in [-0.25, -0.2) is 23.0 Å². The van der Waals surface area contributed by atoms with Gasteiger partial charge in [0.15, 0.2) is 0 Å². The molecule has 4 aromatic rings. The van der Waals surface area contributed by atoms with Crippen LogP contribution in [-0.4, -0.2) is 72.3 Å². The maximum absolute atomic E-state index is 13.2. The van der Waals surface area contributed by atoms with Crippen LogP contribution in [-0.2, 0) is 35.3 Å². The molecule has 0 radical (unpaired) electrons. The van der Waals surface area contributed by atoms with E-state index in [9.17, 15) is 18.0 Å². The van der Waals surface area contributed by atoms with Crippen molar-refractivity contribution in [2.24, 2.45) is 5.16 Å². The van der Waals surface area contributed by atoms with Gasteiger partial charge in [-0.1, -0.05) is 52.1 Å². The molecule has 0 aliphatic carbocycles. The lowest BCUT2D eigenvalue weighted by Gasteiger charge is -2.19. The first-order valence-corrected chi connectivity index (χ1v) is 17.1. The van der Waals surface area contributed by atoms with Crippen LogP contribution >= 0.6 is 11.6 Å². The molecule has 2 aromatic carbocycles. The van der Waals surface area contributed by atoms with Crippen LogP contribution in [0.2, 0.25) is 5.15 Å². The maximum Gasteiger partial charge on any atom is 0.338 e. The molecule has 5 rings (SSSR count). The number of hydrogen-bond donors (Lipinski definition) is 0. The number of hydrogen-bond acceptors (Lipinski definition) is 11. The Kier molecular flexibility index (Phi) is 10.3. The molecule has 0 N–H and O–H groups in total. The number of ether oxygens (including phenoxy) is 3. The third-order valence-corrected chi connectivity index (χ3v) is 8.55. The van der Waals surface area contributed by atoms with E-state index in [4.69, 9.17) is 30.6 Å². The molecule has 3 heterocycles. The van der Waals surface area contributed by atoms with Gasteiger partial charge in [-0.3, -0.25) is 0 Å². The molecule has 248 valence electrons. The lowest BCUT2D eigenvalue weighted by atomic mass is 10.1. The number of carbonyl (C=O) groups excluding carboxylic acids is 2. The zero-order valence-corrected chi connectivity index (χ0v) is 28.2. The monoisotopic (exact) mass is 682 g/mol. The minimum absolute atomic E-state index is 0.0525. The molecule has 0 saturated carbocycles. The number of carbonyl (C=O) groups is 2. The first-order chi connectivity index (χ1) is 22.3. The van der Waals surface area contributed by atoms with Crippen LogP contribution < -0.4 is 0 Å². The van der Waals surface area contributed by atoms with Gasteiger partial charge in [-0.2, -0.15) is 4.98 Å². The minimum atomic E-state index is -3.83. The SMILES string of the molecule is CC(C)=NOCCc1cn([C@H]2C[C@H](OC(=O)c3ccc(C)cc3)[C@@H](COC(=O)c3ccc(C)cc3)O2)c2nc(S(C)(=O)=O)nc(Cl)c12. The van der Waals surface area contributed by atoms with E-state index in [2.05, 4.69) is 15.1 Å². The lowest BCUT2D eigenvalue weighted by molar-refractivity contribution is -0.0562. The number of rotatable bonds is 11. The number of sulfone groups is 1. The molecule has 2 aromatic heterocycles. The van der Waals surface area contributed by atoms with Crippen molar-refractivity contribution in [1.82, 2.24) is 14.5 Å². The van der Waals surface area contributed by atoms with Crippen molar-refractivity contribution in [3.8, 4) is 0 Å². The van der Waals surface area contributed by atoms with E-state index < -0.39 is 45.4 Å². The largest absolute Gasteiger partial charge is 0.459 e. The first kappa shape index (κ1) is 34.0. The second kappa shape index (κ2) is 14.2. The molecule has 0 unspecified atom stereocenters. The predicted molar refractivity (Wildman–Crippen MR) is 174 cm³/mol. The third-order valence-electron chi connectivity index (χ3n) is 7.43. The maximum atomic E-state index is 13.2. The van der Waals surface area contributed by atoms with Gasteiger partial charge in [0.25, 0.3) is 0 Å². The lowest BCUT2D eigenvalue weighted by Crippen LogP contribution is -2.32. The average Bonchev–Trinajstić information content (AvgIpc) is 3.59. The Bertz CT molecular complexity index is 1920. The highest BCUT2D eigenvalue weighted by Gasteiger charge is 2.41. The first-order valence-electron chi connectivity index (χ1n) is 14.9.